The Morgan fingerprint density at radius 2 is 1.91 bits per heavy atom. The molecule has 4 rings (SSSR count). The third-order valence-corrected chi connectivity index (χ3v) is 6.50. The first kappa shape index (κ1) is 14.6. The Hall–Kier alpha value is -1.97. The molecule has 2 aliphatic carbocycles. The van der Waals surface area contributed by atoms with Gasteiger partial charge in [0.15, 0.2) is 0 Å². The predicted molar refractivity (Wildman–Crippen MR) is 86.0 cm³/mol. The number of hydrogen-bond donors (Lipinski definition) is 0. The average Bonchev–Trinajstić information content (AvgIpc) is 3.02. The normalized spacial score (nSPS) is 34.1. The number of Topliss-reactive ketones (excluding diaryl/α,β-unsaturated/α-hetero) is 2. The molecule has 1 amide bonds. The zero-order valence-corrected chi connectivity index (χ0v) is 13.8. The standard InChI is InChI=1S/C19H21NO3/c1-11-10-12-6-4-5-7-14(12)20(11)17(23)19-9-8-13(18(19,2)3)15(21)16(19)22/h4-7,11,13H,8-10H2,1-3H3. The Bertz CT molecular complexity index is 751. The maximum atomic E-state index is 13.5. The molecule has 0 N–H and O–H groups in total. The average molecular weight is 311 g/mol. The summed E-state index contributed by atoms with van der Waals surface area (Å²) < 4.78 is 0. The fourth-order valence-corrected chi connectivity index (χ4v) is 5.14. The number of ketones is 2. The van der Waals surface area contributed by atoms with Crippen LogP contribution >= 0.6 is 0 Å². The van der Waals surface area contributed by atoms with Gasteiger partial charge in [-0.1, -0.05) is 32.0 Å². The van der Waals surface area contributed by atoms with E-state index in [0.29, 0.717) is 12.8 Å². The summed E-state index contributed by atoms with van der Waals surface area (Å²) in [6, 6.07) is 7.87. The molecule has 120 valence electrons. The molecule has 0 saturated heterocycles. The van der Waals surface area contributed by atoms with Crippen LogP contribution in [-0.2, 0) is 20.8 Å². The number of hydrogen-bond acceptors (Lipinski definition) is 3. The Kier molecular flexibility index (Phi) is 2.74. The molecule has 4 heteroatoms. The molecule has 1 aromatic rings. The summed E-state index contributed by atoms with van der Waals surface area (Å²) in [5.41, 5.74) is 0.273. The number of fused-ring (bicyclic) bond motifs is 3. The van der Waals surface area contributed by atoms with Crippen molar-refractivity contribution in [3.05, 3.63) is 29.8 Å². The van der Waals surface area contributed by atoms with Crippen molar-refractivity contribution in [2.75, 3.05) is 4.90 Å². The lowest BCUT2D eigenvalue weighted by molar-refractivity contribution is -0.148. The molecule has 3 unspecified atom stereocenters. The van der Waals surface area contributed by atoms with Crippen LogP contribution in [-0.4, -0.2) is 23.5 Å². The number of carbonyl (C=O) groups excluding carboxylic acids is 3. The van der Waals surface area contributed by atoms with Crippen molar-refractivity contribution in [3.63, 3.8) is 0 Å². The highest BCUT2D eigenvalue weighted by atomic mass is 16.2. The smallest absolute Gasteiger partial charge is 0.242 e. The summed E-state index contributed by atoms with van der Waals surface area (Å²) in [6.45, 7) is 5.84. The van der Waals surface area contributed by atoms with E-state index < -0.39 is 16.6 Å². The molecular weight excluding hydrogens is 290 g/mol. The largest absolute Gasteiger partial charge is 0.308 e. The van der Waals surface area contributed by atoms with E-state index in [0.717, 1.165) is 17.7 Å². The van der Waals surface area contributed by atoms with Gasteiger partial charge in [0.05, 0.1) is 0 Å². The first-order chi connectivity index (χ1) is 10.8. The van der Waals surface area contributed by atoms with Gasteiger partial charge in [0.1, 0.15) is 5.41 Å². The molecule has 1 aromatic carbocycles. The predicted octanol–water partition coefficient (Wildman–Crippen LogP) is 2.54. The minimum Gasteiger partial charge on any atom is -0.308 e. The van der Waals surface area contributed by atoms with Crippen molar-refractivity contribution in [2.45, 2.75) is 46.1 Å². The summed E-state index contributed by atoms with van der Waals surface area (Å²) in [4.78, 5) is 40.3. The number of para-hydroxylation sites is 1. The van der Waals surface area contributed by atoms with Crippen molar-refractivity contribution in [2.24, 2.45) is 16.7 Å². The summed E-state index contributed by atoms with van der Waals surface area (Å²) in [5.74, 6) is -1.26. The van der Waals surface area contributed by atoms with E-state index in [9.17, 15) is 14.4 Å². The van der Waals surface area contributed by atoms with Crippen molar-refractivity contribution in [1.82, 2.24) is 0 Å². The molecule has 1 aliphatic heterocycles. The third-order valence-electron chi connectivity index (χ3n) is 6.50. The number of amides is 1. The van der Waals surface area contributed by atoms with Crippen LogP contribution in [0.5, 0.6) is 0 Å². The van der Waals surface area contributed by atoms with Crippen LogP contribution in [0.25, 0.3) is 0 Å². The molecule has 3 atom stereocenters. The topological polar surface area (TPSA) is 54.5 Å². The van der Waals surface area contributed by atoms with Gasteiger partial charge in [0, 0.05) is 17.6 Å². The highest BCUT2D eigenvalue weighted by Gasteiger charge is 2.73. The van der Waals surface area contributed by atoms with Gasteiger partial charge >= 0.3 is 0 Å². The van der Waals surface area contributed by atoms with Crippen LogP contribution in [0.4, 0.5) is 5.69 Å². The molecule has 2 bridgehead atoms. The first-order valence-electron chi connectivity index (χ1n) is 8.32. The van der Waals surface area contributed by atoms with Crippen molar-refractivity contribution in [1.29, 1.82) is 0 Å². The zero-order valence-electron chi connectivity index (χ0n) is 13.8. The SMILES string of the molecule is CC1Cc2ccccc2N1C(=O)C12CCC(C(=O)C1=O)C2(C)C. The third kappa shape index (κ3) is 1.49. The second kappa shape index (κ2) is 4.31. The Morgan fingerprint density at radius 3 is 2.57 bits per heavy atom. The van der Waals surface area contributed by atoms with E-state index in [-0.39, 0.29) is 23.7 Å². The van der Waals surface area contributed by atoms with Gasteiger partial charge in [0.2, 0.25) is 17.5 Å². The molecule has 3 aliphatic rings. The lowest BCUT2D eigenvalue weighted by atomic mass is 9.67. The van der Waals surface area contributed by atoms with Gasteiger partial charge in [-0.05, 0) is 43.2 Å². The Labute approximate surface area is 135 Å². The van der Waals surface area contributed by atoms with Gasteiger partial charge in [-0.2, -0.15) is 0 Å². The van der Waals surface area contributed by atoms with E-state index >= 15 is 0 Å². The summed E-state index contributed by atoms with van der Waals surface area (Å²) >= 11 is 0. The zero-order chi connectivity index (χ0) is 16.6. The summed E-state index contributed by atoms with van der Waals surface area (Å²) in [6.07, 6.45) is 1.94. The van der Waals surface area contributed by atoms with Gasteiger partial charge in [-0.25, -0.2) is 0 Å². The van der Waals surface area contributed by atoms with E-state index in [1.807, 2.05) is 45.0 Å². The van der Waals surface area contributed by atoms with Gasteiger partial charge < -0.3 is 4.90 Å². The quantitative estimate of drug-likeness (QED) is 0.591. The molecule has 2 fully saturated rings. The van der Waals surface area contributed by atoms with E-state index in [2.05, 4.69) is 0 Å². The van der Waals surface area contributed by atoms with Gasteiger partial charge in [-0.3, -0.25) is 14.4 Å². The van der Waals surface area contributed by atoms with Crippen molar-refractivity contribution < 1.29 is 14.4 Å². The van der Waals surface area contributed by atoms with Gasteiger partial charge in [0.25, 0.3) is 0 Å². The van der Waals surface area contributed by atoms with Crippen molar-refractivity contribution in [3.8, 4) is 0 Å². The van der Waals surface area contributed by atoms with E-state index in [1.54, 1.807) is 4.90 Å². The first-order valence-corrected chi connectivity index (χ1v) is 8.32. The molecule has 1 heterocycles. The van der Waals surface area contributed by atoms with E-state index in [4.69, 9.17) is 0 Å². The molecule has 0 spiro atoms. The molecule has 0 aromatic heterocycles. The van der Waals surface area contributed by atoms with Crippen LogP contribution < -0.4 is 4.90 Å². The minimum atomic E-state index is -1.17. The number of benzene rings is 1. The Balaban J connectivity index is 1.84. The maximum Gasteiger partial charge on any atom is 0.242 e. The molecular formula is C19H21NO3. The summed E-state index contributed by atoms with van der Waals surface area (Å²) in [5, 5.41) is 0. The van der Waals surface area contributed by atoms with E-state index in [1.165, 1.54) is 0 Å². The van der Waals surface area contributed by atoms with Crippen LogP contribution in [0.3, 0.4) is 0 Å². The number of nitrogens with zero attached hydrogens (tertiary/aromatic N) is 1. The second-order valence-corrected chi connectivity index (χ2v) is 7.77. The second-order valence-electron chi connectivity index (χ2n) is 7.77. The fourth-order valence-electron chi connectivity index (χ4n) is 5.14. The number of carbonyl (C=O) groups is 3. The number of anilines is 1. The minimum absolute atomic E-state index is 0.0210. The number of rotatable bonds is 1. The maximum absolute atomic E-state index is 13.5. The molecule has 4 nitrogen and oxygen atoms in total. The molecule has 2 saturated carbocycles. The lowest BCUT2D eigenvalue weighted by Gasteiger charge is -2.38. The van der Waals surface area contributed by atoms with Crippen LogP contribution in [0.15, 0.2) is 24.3 Å². The molecule has 23 heavy (non-hydrogen) atoms. The highest BCUT2D eigenvalue weighted by Crippen LogP contribution is 2.63. The Morgan fingerprint density at radius 1 is 1.22 bits per heavy atom. The van der Waals surface area contributed by atoms with Crippen LogP contribution in [0.2, 0.25) is 0 Å². The molecule has 0 radical (unpaired) electrons. The lowest BCUT2D eigenvalue weighted by Crippen LogP contribution is -2.53. The van der Waals surface area contributed by atoms with Crippen molar-refractivity contribution >= 4 is 23.2 Å². The van der Waals surface area contributed by atoms with Crippen LogP contribution in [0.1, 0.15) is 39.2 Å². The summed E-state index contributed by atoms with van der Waals surface area (Å²) in [7, 11) is 0. The van der Waals surface area contributed by atoms with Gasteiger partial charge in [-0.15, -0.1) is 0 Å². The monoisotopic (exact) mass is 311 g/mol. The van der Waals surface area contributed by atoms with Crippen LogP contribution in [0, 0.1) is 16.7 Å². The fraction of sp³-hybridized carbons (Fsp3) is 0.526. The highest BCUT2D eigenvalue weighted by molar-refractivity contribution is 6.48.